The Morgan fingerprint density at radius 1 is 1.14 bits per heavy atom. The summed E-state index contributed by atoms with van der Waals surface area (Å²) in [4.78, 5) is 7.42. The van der Waals surface area contributed by atoms with Crippen molar-refractivity contribution in [3.8, 4) is 0 Å². The summed E-state index contributed by atoms with van der Waals surface area (Å²) in [5.41, 5.74) is 10.5. The number of hydrogen-bond acceptors (Lipinski definition) is 5. The number of nitrogens with one attached hydrogen (secondary N) is 1. The number of rotatable bonds is 10. The molecular formula is C7H16N4O3. The molecular weight excluding hydrogens is 188 g/mol. The van der Waals surface area contributed by atoms with Gasteiger partial charge in [0.2, 0.25) is 0 Å². The van der Waals surface area contributed by atoms with Gasteiger partial charge in [0.15, 0.2) is 0 Å². The number of hydroxylamine groups is 1. The van der Waals surface area contributed by atoms with E-state index < -0.39 is 0 Å². The third kappa shape index (κ3) is 11.2. The van der Waals surface area contributed by atoms with E-state index in [-0.39, 0.29) is 0 Å². The Hall–Kier alpha value is -0.850. The SMILES string of the molecule is CNOCCOCCOCCN=[N+]=[N-]. The smallest absolute Gasteiger partial charge is 0.0915 e. The van der Waals surface area contributed by atoms with Crippen LogP contribution in [-0.2, 0) is 14.3 Å². The first-order valence-corrected chi connectivity index (χ1v) is 4.36. The standard InChI is InChI=1S/C7H16N4O3/c1-9-14-7-6-13-5-4-12-3-2-10-11-8/h9H,2-7H2,1H3. The second kappa shape index (κ2) is 12.2. The molecule has 0 saturated carbocycles. The average Bonchev–Trinajstić information content (AvgIpc) is 2.21. The minimum Gasteiger partial charge on any atom is -0.379 e. The summed E-state index contributed by atoms with van der Waals surface area (Å²) in [6.07, 6.45) is 0. The summed E-state index contributed by atoms with van der Waals surface area (Å²) in [6.45, 7) is 2.85. The lowest BCUT2D eigenvalue weighted by atomic mass is 10.7. The van der Waals surface area contributed by atoms with Gasteiger partial charge >= 0.3 is 0 Å². The van der Waals surface area contributed by atoms with Gasteiger partial charge in [-0.05, 0) is 5.53 Å². The van der Waals surface area contributed by atoms with Crippen LogP contribution in [0.4, 0.5) is 0 Å². The van der Waals surface area contributed by atoms with E-state index in [4.69, 9.17) is 19.8 Å². The van der Waals surface area contributed by atoms with Crippen LogP contribution in [0.1, 0.15) is 0 Å². The summed E-state index contributed by atoms with van der Waals surface area (Å²) in [5.74, 6) is 0. The van der Waals surface area contributed by atoms with Crippen molar-refractivity contribution in [3.63, 3.8) is 0 Å². The van der Waals surface area contributed by atoms with Crippen molar-refractivity contribution in [2.45, 2.75) is 0 Å². The first kappa shape index (κ1) is 13.2. The summed E-state index contributed by atoms with van der Waals surface area (Å²) in [7, 11) is 1.69. The minimum absolute atomic E-state index is 0.360. The Morgan fingerprint density at radius 3 is 2.43 bits per heavy atom. The fourth-order valence-corrected chi connectivity index (χ4v) is 0.675. The molecule has 82 valence electrons. The molecule has 0 heterocycles. The van der Waals surface area contributed by atoms with Crippen LogP contribution in [0.5, 0.6) is 0 Å². The number of azide groups is 1. The molecule has 0 atom stereocenters. The highest BCUT2D eigenvalue weighted by atomic mass is 16.7. The first-order chi connectivity index (χ1) is 6.91. The topological polar surface area (TPSA) is 88.5 Å². The summed E-state index contributed by atoms with van der Waals surface area (Å²) in [6, 6.07) is 0. The number of hydrogen-bond donors (Lipinski definition) is 1. The van der Waals surface area contributed by atoms with Gasteiger partial charge in [-0.25, -0.2) is 5.48 Å². The van der Waals surface area contributed by atoms with Crippen LogP contribution in [0.3, 0.4) is 0 Å². The zero-order chi connectivity index (χ0) is 10.5. The molecule has 0 aliphatic rings. The van der Waals surface area contributed by atoms with Crippen LogP contribution in [0.25, 0.3) is 10.4 Å². The zero-order valence-corrected chi connectivity index (χ0v) is 8.31. The van der Waals surface area contributed by atoms with Gasteiger partial charge in [0.05, 0.1) is 33.0 Å². The first-order valence-electron chi connectivity index (χ1n) is 4.36. The lowest BCUT2D eigenvalue weighted by Gasteiger charge is -2.04. The van der Waals surface area contributed by atoms with Crippen molar-refractivity contribution in [1.82, 2.24) is 5.48 Å². The van der Waals surface area contributed by atoms with Gasteiger partial charge in [-0.3, -0.25) is 4.84 Å². The Morgan fingerprint density at radius 2 is 1.79 bits per heavy atom. The molecule has 14 heavy (non-hydrogen) atoms. The molecule has 0 bridgehead atoms. The fourth-order valence-electron chi connectivity index (χ4n) is 0.675. The highest BCUT2D eigenvalue weighted by Gasteiger charge is 1.89. The number of nitrogens with zero attached hydrogens (tertiary/aromatic N) is 3. The molecule has 0 radical (unpaired) electrons. The normalized spacial score (nSPS) is 9.79. The van der Waals surface area contributed by atoms with E-state index in [9.17, 15) is 0 Å². The van der Waals surface area contributed by atoms with E-state index in [0.717, 1.165) is 0 Å². The molecule has 7 heteroatoms. The van der Waals surface area contributed by atoms with Crippen molar-refractivity contribution >= 4 is 0 Å². The van der Waals surface area contributed by atoms with E-state index in [1.807, 2.05) is 0 Å². The van der Waals surface area contributed by atoms with Crippen LogP contribution in [0, 0.1) is 0 Å². The van der Waals surface area contributed by atoms with E-state index in [1.54, 1.807) is 7.05 Å². The van der Waals surface area contributed by atoms with Gasteiger partial charge in [-0.1, -0.05) is 5.11 Å². The Balaban J connectivity index is 2.88. The lowest BCUT2D eigenvalue weighted by molar-refractivity contribution is -0.0103. The Kier molecular flexibility index (Phi) is 11.4. The van der Waals surface area contributed by atoms with Gasteiger partial charge in [0, 0.05) is 18.5 Å². The lowest BCUT2D eigenvalue weighted by Crippen LogP contribution is -2.14. The minimum atomic E-state index is 0.360. The van der Waals surface area contributed by atoms with Gasteiger partial charge in [-0.15, -0.1) is 0 Å². The van der Waals surface area contributed by atoms with Crippen LogP contribution in [0.2, 0.25) is 0 Å². The van der Waals surface area contributed by atoms with Crippen molar-refractivity contribution < 1.29 is 14.3 Å². The quantitative estimate of drug-likeness (QED) is 0.184. The van der Waals surface area contributed by atoms with E-state index in [2.05, 4.69) is 15.5 Å². The average molecular weight is 204 g/mol. The molecule has 0 saturated heterocycles. The van der Waals surface area contributed by atoms with Gasteiger partial charge in [0.25, 0.3) is 0 Å². The second-order valence-corrected chi connectivity index (χ2v) is 2.23. The van der Waals surface area contributed by atoms with Crippen molar-refractivity contribution in [1.29, 1.82) is 0 Å². The van der Waals surface area contributed by atoms with Gasteiger partial charge in [-0.2, -0.15) is 0 Å². The third-order valence-corrected chi connectivity index (χ3v) is 1.24. The fraction of sp³-hybridized carbons (Fsp3) is 1.00. The molecule has 0 unspecified atom stereocenters. The molecule has 0 aromatic rings. The van der Waals surface area contributed by atoms with Crippen LogP contribution >= 0.6 is 0 Å². The predicted molar refractivity (Wildman–Crippen MR) is 50.7 cm³/mol. The molecule has 0 aromatic heterocycles. The highest BCUT2D eigenvalue weighted by Crippen LogP contribution is 1.80. The number of ether oxygens (including phenoxy) is 2. The molecule has 0 aliphatic heterocycles. The van der Waals surface area contributed by atoms with Crippen LogP contribution in [-0.4, -0.2) is 46.6 Å². The molecule has 0 aliphatic carbocycles. The molecule has 7 nitrogen and oxygen atoms in total. The molecule has 1 N–H and O–H groups in total. The van der Waals surface area contributed by atoms with Crippen molar-refractivity contribution in [2.24, 2.45) is 5.11 Å². The highest BCUT2D eigenvalue weighted by molar-refractivity contribution is 4.43. The van der Waals surface area contributed by atoms with Crippen LogP contribution < -0.4 is 5.48 Å². The maximum atomic E-state index is 7.95. The molecule has 0 aromatic carbocycles. The van der Waals surface area contributed by atoms with Gasteiger partial charge < -0.3 is 9.47 Å². The molecule has 0 rings (SSSR count). The third-order valence-electron chi connectivity index (χ3n) is 1.24. The Bertz CT molecular complexity index is 161. The summed E-state index contributed by atoms with van der Waals surface area (Å²) < 4.78 is 10.2. The molecule has 0 fully saturated rings. The monoisotopic (exact) mass is 204 g/mol. The zero-order valence-electron chi connectivity index (χ0n) is 8.31. The van der Waals surface area contributed by atoms with Crippen LogP contribution in [0.15, 0.2) is 5.11 Å². The van der Waals surface area contributed by atoms with Gasteiger partial charge in [0.1, 0.15) is 0 Å². The maximum absolute atomic E-state index is 7.95. The Labute approximate surface area is 82.9 Å². The molecule has 0 spiro atoms. The summed E-state index contributed by atoms with van der Waals surface area (Å²) in [5, 5.41) is 3.32. The largest absolute Gasteiger partial charge is 0.379 e. The van der Waals surface area contributed by atoms with E-state index in [1.165, 1.54) is 0 Å². The maximum Gasteiger partial charge on any atom is 0.0915 e. The van der Waals surface area contributed by atoms with E-state index >= 15 is 0 Å². The van der Waals surface area contributed by atoms with Crippen molar-refractivity contribution in [2.75, 3.05) is 46.6 Å². The predicted octanol–water partition coefficient (Wildman–Crippen LogP) is 0.481. The molecule has 0 amide bonds. The summed E-state index contributed by atoms with van der Waals surface area (Å²) >= 11 is 0. The van der Waals surface area contributed by atoms with Crippen molar-refractivity contribution in [3.05, 3.63) is 10.4 Å². The second-order valence-electron chi connectivity index (χ2n) is 2.23. The van der Waals surface area contributed by atoms with E-state index in [0.29, 0.717) is 39.6 Å².